The number of amides is 2. The maximum atomic E-state index is 12.7. The Labute approximate surface area is 174 Å². The summed E-state index contributed by atoms with van der Waals surface area (Å²) in [6, 6.07) is 4.32. The Morgan fingerprint density at radius 2 is 1.90 bits per heavy atom. The third-order valence-electron chi connectivity index (χ3n) is 4.64. The second-order valence-corrected chi connectivity index (χ2v) is 7.97. The van der Waals surface area contributed by atoms with Crippen LogP contribution >= 0.6 is 11.3 Å². The van der Waals surface area contributed by atoms with E-state index in [4.69, 9.17) is 10.5 Å². The maximum absolute atomic E-state index is 12.7. The van der Waals surface area contributed by atoms with Gasteiger partial charge in [-0.3, -0.25) is 14.4 Å². The fourth-order valence-corrected chi connectivity index (χ4v) is 4.61. The molecule has 0 saturated carbocycles. The molecule has 0 radical (unpaired) electrons. The number of ether oxygens (including phenoxy) is 1. The van der Waals surface area contributed by atoms with E-state index >= 15 is 0 Å². The van der Waals surface area contributed by atoms with Crippen molar-refractivity contribution in [1.29, 1.82) is 0 Å². The van der Waals surface area contributed by atoms with Crippen molar-refractivity contribution >= 4 is 34.1 Å². The van der Waals surface area contributed by atoms with Crippen LogP contribution in [0.1, 0.15) is 44.8 Å². The highest BCUT2D eigenvalue weighted by atomic mass is 32.1. The lowest BCUT2D eigenvalue weighted by Gasteiger charge is -2.11. The number of benzene rings is 1. The molecule has 0 bridgehead atoms. The van der Waals surface area contributed by atoms with Crippen LogP contribution in [0.25, 0.3) is 0 Å². The Bertz CT molecular complexity index is 985. The number of nitrogens with two attached hydrogens (primary N) is 1. The molecule has 1 aromatic heterocycles. The van der Waals surface area contributed by atoms with E-state index in [1.54, 1.807) is 0 Å². The summed E-state index contributed by atoms with van der Waals surface area (Å²) in [6.07, 6.45) is -1.47. The average Bonchev–Trinajstić information content (AvgIpc) is 3.04. The van der Waals surface area contributed by atoms with E-state index in [0.717, 1.165) is 41.8 Å². The van der Waals surface area contributed by atoms with Gasteiger partial charge in [-0.2, -0.15) is 13.2 Å². The SMILES string of the molecule is NC(=O)c1c(NC(=O)COC(=O)Cc2cccc(C(F)(F)F)c2)sc2c1CCCC2. The normalized spacial score (nSPS) is 13.4. The summed E-state index contributed by atoms with van der Waals surface area (Å²) in [6.45, 7) is -0.626. The minimum Gasteiger partial charge on any atom is -0.455 e. The van der Waals surface area contributed by atoms with E-state index in [0.29, 0.717) is 17.0 Å². The number of hydrogen-bond donors (Lipinski definition) is 2. The number of halogens is 3. The number of carbonyl (C=O) groups excluding carboxylic acids is 3. The van der Waals surface area contributed by atoms with Gasteiger partial charge in [-0.15, -0.1) is 11.3 Å². The highest BCUT2D eigenvalue weighted by molar-refractivity contribution is 7.17. The van der Waals surface area contributed by atoms with Gasteiger partial charge in [0, 0.05) is 4.88 Å². The first-order valence-electron chi connectivity index (χ1n) is 9.21. The third-order valence-corrected chi connectivity index (χ3v) is 5.84. The van der Waals surface area contributed by atoms with Crippen LogP contribution in [0.4, 0.5) is 18.2 Å². The number of hydrogen-bond acceptors (Lipinski definition) is 5. The summed E-state index contributed by atoms with van der Waals surface area (Å²) in [5.74, 6) is -2.13. The van der Waals surface area contributed by atoms with Crippen LogP contribution in [0.3, 0.4) is 0 Å². The summed E-state index contributed by atoms with van der Waals surface area (Å²) >= 11 is 1.28. The van der Waals surface area contributed by atoms with E-state index in [-0.39, 0.29) is 5.56 Å². The Morgan fingerprint density at radius 3 is 2.60 bits per heavy atom. The Kier molecular flexibility index (Phi) is 6.45. The predicted molar refractivity (Wildman–Crippen MR) is 104 cm³/mol. The zero-order valence-corrected chi connectivity index (χ0v) is 16.6. The van der Waals surface area contributed by atoms with Gasteiger partial charge >= 0.3 is 12.1 Å². The molecule has 0 aliphatic heterocycles. The minimum absolute atomic E-state index is 0.122. The molecule has 160 valence electrons. The van der Waals surface area contributed by atoms with Crippen molar-refractivity contribution in [3.63, 3.8) is 0 Å². The second-order valence-electron chi connectivity index (χ2n) is 6.86. The molecule has 2 aromatic rings. The van der Waals surface area contributed by atoms with Gasteiger partial charge in [-0.05, 0) is 42.9 Å². The Balaban J connectivity index is 1.58. The first-order valence-corrected chi connectivity index (χ1v) is 10.0. The van der Waals surface area contributed by atoms with E-state index in [9.17, 15) is 27.6 Å². The van der Waals surface area contributed by atoms with E-state index in [2.05, 4.69) is 5.32 Å². The molecule has 1 aromatic carbocycles. The Morgan fingerprint density at radius 1 is 1.17 bits per heavy atom. The van der Waals surface area contributed by atoms with Crippen molar-refractivity contribution in [2.24, 2.45) is 5.73 Å². The second kappa shape index (κ2) is 8.86. The van der Waals surface area contributed by atoms with Crippen molar-refractivity contribution in [3.8, 4) is 0 Å². The average molecular weight is 440 g/mol. The van der Waals surface area contributed by atoms with Crippen LogP contribution in [0.15, 0.2) is 24.3 Å². The molecular formula is C20H19F3N2O4S. The molecule has 1 aliphatic rings. The molecular weight excluding hydrogens is 421 g/mol. The van der Waals surface area contributed by atoms with Crippen LogP contribution in [0.5, 0.6) is 0 Å². The van der Waals surface area contributed by atoms with Gasteiger partial charge in [0.05, 0.1) is 17.5 Å². The van der Waals surface area contributed by atoms with Crippen LogP contribution in [0.2, 0.25) is 0 Å². The number of thiophene rings is 1. The fourth-order valence-electron chi connectivity index (χ4n) is 3.30. The predicted octanol–water partition coefficient (Wildman–Crippen LogP) is 3.47. The summed E-state index contributed by atoms with van der Waals surface area (Å²) in [4.78, 5) is 36.9. The smallest absolute Gasteiger partial charge is 0.416 e. The van der Waals surface area contributed by atoms with Crippen molar-refractivity contribution in [1.82, 2.24) is 0 Å². The lowest BCUT2D eigenvalue weighted by atomic mass is 9.95. The van der Waals surface area contributed by atoms with Crippen LogP contribution < -0.4 is 11.1 Å². The number of nitrogens with one attached hydrogen (secondary N) is 1. The van der Waals surface area contributed by atoms with E-state index < -0.39 is 42.6 Å². The standard InChI is InChI=1S/C20H19F3N2O4S/c21-20(22,23)12-5-3-4-11(8-12)9-16(27)29-10-15(26)25-19-17(18(24)28)13-6-1-2-7-14(13)30-19/h3-5,8H,1-2,6-7,9-10H2,(H2,24,28)(H,25,26). The van der Waals surface area contributed by atoms with Gasteiger partial charge in [0.2, 0.25) is 0 Å². The van der Waals surface area contributed by atoms with E-state index in [1.165, 1.54) is 23.5 Å². The number of primary amides is 1. The largest absolute Gasteiger partial charge is 0.455 e. The first kappa shape index (κ1) is 21.8. The third kappa shape index (κ3) is 5.18. The number of fused-ring (bicyclic) bond motifs is 1. The lowest BCUT2D eigenvalue weighted by molar-refractivity contribution is -0.146. The molecule has 3 rings (SSSR count). The number of carbonyl (C=O) groups is 3. The van der Waals surface area contributed by atoms with Gasteiger partial charge in [0.25, 0.3) is 11.8 Å². The molecule has 6 nitrogen and oxygen atoms in total. The van der Waals surface area contributed by atoms with Crippen LogP contribution in [-0.4, -0.2) is 24.4 Å². The molecule has 0 fully saturated rings. The number of rotatable bonds is 6. The molecule has 0 unspecified atom stereocenters. The molecule has 0 spiro atoms. The zero-order valence-electron chi connectivity index (χ0n) is 15.8. The first-order chi connectivity index (χ1) is 14.1. The lowest BCUT2D eigenvalue weighted by Crippen LogP contribution is -2.23. The van der Waals surface area contributed by atoms with Crippen LogP contribution in [0, 0.1) is 0 Å². The highest BCUT2D eigenvalue weighted by Gasteiger charge is 2.30. The monoisotopic (exact) mass is 440 g/mol. The van der Waals surface area contributed by atoms with Crippen molar-refractivity contribution in [2.45, 2.75) is 38.3 Å². The number of esters is 1. The van der Waals surface area contributed by atoms with Gasteiger partial charge < -0.3 is 15.8 Å². The topological polar surface area (TPSA) is 98.5 Å². The minimum atomic E-state index is -4.52. The quantitative estimate of drug-likeness (QED) is 0.672. The molecule has 1 aliphatic carbocycles. The molecule has 2 amide bonds. The van der Waals surface area contributed by atoms with Gasteiger partial charge in [0.1, 0.15) is 5.00 Å². The Hall–Kier alpha value is -2.88. The molecule has 30 heavy (non-hydrogen) atoms. The number of anilines is 1. The zero-order chi connectivity index (χ0) is 21.9. The number of aryl methyl sites for hydroxylation is 1. The van der Waals surface area contributed by atoms with Crippen molar-refractivity contribution in [2.75, 3.05) is 11.9 Å². The summed E-state index contributed by atoms with van der Waals surface area (Å²) in [5.41, 5.74) is 5.86. The summed E-state index contributed by atoms with van der Waals surface area (Å²) in [7, 11) is 0. The molecule has 0 saturated heterocycles. The van der Waals surface area contributed by atoms with E-state index in [1.807, 2.05) is 0 Å². The van der Waals surface area contributed by atoms with Crippen LogP contribution in [-0.2, 0) is 39.8 Å². The highest BCUT2D eigenvalue weighted by Crippen LogP contribution is 2.37. The molecule has 10 heteroatoms. The van der Waals surface area contributed by atoms with Crippen molar-refractivity contribution < 1.29 is 32.3 Å². The molecule has 3 N–H and O–H groups in total. The number of alkyl halides is 3. The molecule has 1 heterocycles. The molecule has 0 atom stereocenters. The maximum Gasteiger partial charge on any atom is 0.416 e. The summed E-state index contributed by atoms with van der Waals surface area (Å²) in [5, 5.41) is 2.88. The van der Waals surface area contributed by atoms with Gasteiger partial charge in [-0.25, -0.2) is 0 Å². The summed E-state index contributed by atoms with van der Waals surface area (Å²) < 4.78 is 43.1. The van der Waals surface area contributed by atoms with Gasteiger partial charge in [-0.1, -0.05) is 18.2 Å². The van der Waals surface area contributed by atoms with Crippen molar-refractivity contribution in [3.05, 3.63) is 51.4 Å². The fraction of sp³-hybridized carbons (Fsp3) is 0.350. The van der Waals surface area contributed by atoms with Gasteiger partial charge in [0.15, 0.2) is 6.61 Å².